The minimum absolute atomic E-state index is 0.0564. The maximum atomic E-state index is 11.1. The Bertz CT molecular complexity index is 952. The van der Waals surface area contributed by atoms with Crippen molar-refractivity contribution in [1.82, 2.24) is 14.5 Å². The molecule has 1 aliphatic heterocycles. The highest BCUT2D eigenvalue weighted by Gasteiger charge is 2.44. The molecule has 2 aromatic heterocycles. The van der Waals surface area contributed by atoms with Crippen molar-refractivity contribution in [2.75, 3.05) is 32.3 Å². The van der Waals surface area contributed by atoms with E-state index in [0.717, 1.165) is 6.66 Å². The van der Waals surface area contributed by atoms with Crippen LogP contribution in [0, 0.1) is 11.3 Å². The molecule has 5 atom stereocenters. The second-order valence-corrected chi connectivity index (χ2v) is 8.30. The molecule has 13 heteroatoms. The van der Waals surface area contributed by atoms with Crippen LogP contribution in [0.1, 0.15) is 12.1 Å². The van der Waals surface area contributed by atoms with Crippen LogP contribution in [0.5, 0.6) is 0 Å². The maximum Gasteiger partial charge on any atom is 0.352 e. The number of aromatic nitrogens is 3. The van der Waals surface area contributed by atoms with Crippen LogP contribution in [0.3, 0.4) is 0 Å². The maximum absolute atomic E-state index is 11.1. The predicted molar refractivity (Wildman–Crippen MR) is 95.3 cm³/mol. The third-order valence-corrected chi connectivity index (χ3v) is 4.49. The molecule has 1 aliphatic rings. The molecule has 12 nitrogen and oxygen atoms in total. The second kappa shape index (κ2) is 7.73. The van der Waals surface area contributed by atoms with Crippen molar-refractivity contribution in [2.24, 2.45) is 0 Å². The van der Waals surface area contributed by atoms with Crippen molar-refractivity contribution in [1.29, 1.82) is 5.26 Å². The molecule has 0 aromatic carbocycles. The smallest absolute Gasteiger partial charge is 0.352 e. The number of rotatable bonds is 6. The monoisotopic (exact) mass is 413 g/mol. The first-order chi connectivity index (χ1) is 13.1. The van der Waals surface area contributed by atoms with Crippen molar-refractivity contribution < 1.29 is 34.0 Å². The Labute approximate surface area is 160 Å². The molecule has 0 bridgehead atoms. The first-order valence-corrected chi connectivity index (χ1v) is 10.2. The summed E-state index contributed by atoms with van der Waals surface area (Å²) in [5.74, 6) is 0.461. The molecular weight excluding hydrogens is 393 g/mol. The quantitative estimate of drug-likeness (QED) is 0.325. The lowest BCUT2D eigenvalue weighted by Crippen LogP contribution is -2.33. The van der Waals surface area contributed by atoms with E-state index in [-0.39, 0.29) is 12.4 Å². The first-order valence-electron chi connectivity index (χ1n) is 8.21. The van der Waals surface area contributed by atoms with Crippen molar-refractivity contribution in [3.8, 4) is 6.07 Å². The largest absolute Gasteiger partial charge is 0.387 e. The highest BCUT2D eigenvalue weighted by atomic mass is 31.2. The third-order valence-electron chi connectivity index (χ3n) is 4.11. The Hall–Kier alpha value is -2.10. The summed E-state index contributed by atoms with van der Waals surface area (Å²) in [4.78, 5) is 23.8. The Balaban J connectivity index is 1.89. The van der Waals surface area contributed by atoms with Gasteiger partial charge in [-0.1, -0.05) is 0 Å². The molecule has 1 unspecified atom stereocenters. The highest BCUT2D eigenvalue weighted by Crippen LogP contribution is 2.38. The van der Waals surface area contributed by atoms with E-state index >= 15 is 0 Å². The fourth-order valence-corrected chi connectivity index (χ4v) is 3.16. The number of anilines is 1. The average Bonchev–Trinajstić information content (AvgIpc) is 3.15. The predicted octanol–water partition coefficient (Wildman–Crippen LogP) is -0.248. The molecule has 2 aromatic rings. The van der Waals surface area contributed by atoms with Crippen LogP contribution in [0.15, 0.2) is 12.3 Å². The molecular formula is C15H20N5O7P. The van der Waals surface area contributed by atoms with E-state index in [1.54, 1.807) is 31.3 Å². The van der Waals surface area contributed by atoms with Gasteiger partial charge in [-0.25, -0.2) is 14.9 Å². The summed E-state index contributed by atoms with van der Waals surface area (Å²) in [6.07, 6.45) is -3.13. The number of aliphatic hydroxyl groups excluding tert-OH is 2. The van der Waals surface area contributed by atoms with Gasteiger partial charge < -0.3 is 29.3 Å². The van der Waals surface area contributed by atoms with Gasteiger partial charge in [0.2, 0.25) is 5.82 Å². The van der Waals surface area contributed by atoms with E-state index in [0.29, 0.717) is 16.9 Å². The number of nitrogens with zero attached hydrogens (tertiary/aromatic N) is 5. The van der Waals surface area contributed by atoms with Crippen LogP contribution in [-0.4, -0.2) is 75.3 Å². The molecule has 0 radical (unpaired) electrons. The lowest BCUT2D eigenvalue weighted by atomic mass is 10.1. The summed E-state index contributed by atoms with van der Waals surface area (Å²) in [5, 5.41) is 30.5. The Morgan fingerprint density at radius 3 is 2.71 bits per heavy atom. The van der Waals surface area contributed by atoms with Crippen molar-refractivity contribution >= 4 is 24.4 Å². The minimum atomic E-state index is -3.86. The molecule has 0 aliphatic carbocycles. The van der Waals surface area contributed by atoms with Crippen molar-refractivity contribution in [2.45, 2.75) is 24.5 Å². The zero-order chi connectivity index (χ0) is 20.6. The van der Waals surface area contributed by atoms with Gasteiger partial charge in [0.15, 0.2) is 6.23 Å². The standard InChI is InChI=1S/C15H20N5O7P/c1-19(2)13-8-4-5-20(14(8)18-10(6-16)17-13)15-12(22)11(21)9(26-15)7-25-27-28(3,23)24/h4-5,9,11-12,15,21-22H,7H2,1-3H3,(H,23,24)/t9-,11-,12-,15-/m1/s1. The zero-order valence-corrected chi connectivity index (χ0v) is 16.2. The lowest BCUT2D eigenvalue weighted by Gasteiger charge is -2.18. The second-order valence-electron chi connectivity index (χ2n) is 6.55. The molecule has 1 saturated heterocycles. The highest BCUT2D eigenvalue weighted by molar-refractivity contribution is 7.51. The third kappa shape index (κ3) is 4.01. The van der Waals surface area contributed by atoms with Gasteiger partial charge in [-0.3, -0.25) is 4.57 Å². The number of hydrogen-bond acceptors (Lipinski definition) is 10. The molecule has 152 valence electrons. The molecule has 28 heavy (non-hydrogen) atoms. The van der Waals surface area contributed by atoms with Gasteiger partial charge in [0.25, 0.3) is 0 Å². The van der Waals surface area contributed by atoms with Gasteiger partial charge in [0.05, 0.1) is 5.39 Å². The van der Waals surface area contributed by atoms with Gasteiger partial charge in [-0.05, 0) is 6.07 Å². The lowest BCUT2D eigenvalue weighted by molar-refractivity contribution is -0.238. The summed E-state index contributed by atoms with van der Waals surface area (Å²) in [5.41, 5.74) is 0.345. The number of aliphatic hydroxyl groups is 2. The summed E-state index contributed by atoms with van der Waals surface area (Å²) >= 11 is 0. The summed E-state index contributed by atoms with van der Waals surface area (Å²) in [6, 6.07) is 3.60. The van der Waals surface area contributed by atoms with Crippen LogP contribution in [0.4, 0.5) is 5.82 Å². The minimum Gasteiger partial charge on any atom is -0.387 e. The van der Waals surface area contributed by atoms with Crippen LogP contribution in [-0.2, 0) is 18.9 Å². The fraction of sp³-hybridized carbons (Fsp3) is 0.533. The fourth-order valence-electron chi connectivity index (χ4n) is 2.91. The Morgan fingerprint density at radius 1 is 1.39 bits per heavy atom. The summed E-state index contributed by atoms with van der Waals surface area (Å²) < 4.78 is 22.5. The number of ether oxygens (including phenoxy) is 1. The van der Waals surface area contributed by atoms with Crippen LogP contribution in [0.2, 0.25) is 0 Å². The van der Waals surface area contributed by atoms with E-state index in [1.165, 1.54) is 4.57 Å². The van der Waals surface area contributed by atoms with Gasteiger partial charge in [-0.15, -0.1) is 4.67 Å². The Morgan fingerprint density at radius 2 is 2.11 bits per heavy atom. The zero-order valence-electron chi connectivity index (χ0n) is 15.3. The SMILES string of the molecule is CN(C)c1nc(C#N)nc2c1ccn2[C@@H]1O[C@H](COOP(C)(=O)O)[C@@H](O)[C@H]1O. The Kier molecular flexibility index (Phi) is 5.69. The molecule has 0 saturated carbocycles. The van der Waals surface area contributed by atoms with E-state index in [9.17, 15) is 20.0 Å². The van der Waals surface area contributed by atoms with Crippen LogP contribution >= 0.6 is 7.60 Å². The normalized spacial score (nSPS) is 26.9. The van der Waals surface area contributed by atoms with E-state index in [1.807, 2.05) is 6.07 Å². The van der Waals surface area contributed by atoms with Crippen molar-refractivity contribution in [3.63, 3.8) is 0 Å². The number of nitriles is 1. The van der Waals surface area contributed by atoms with Crippen molar-refractivity contribution in [3.05, 3.63) is 18.1 Å². The van der Waals surface area contributed by atoms with Gasteiger partial charge in [-0.2, -0.15) is 5.26 Å². The van der Waals surface area contributed by atoms with Gasteiger partial charge in [0.1, 0.15) is 42.5 Å². The topological polar surface area (TPSA) is 163 Å². The molecule has 3 heterocycles. The summed E-state index contributed by atoms with van der Waals surface area (Å²) in [7, 11) is -0.317. The number of fused-ring (bicyclic) bond motifs is 1. The summed E-state index contributed by atoms with van der Waals surface area (Å²) in [6.45, 7) is 0.561. The molecule has 0 amide bonds. The van der Waals surface area contributed by atoms with Gasteiger partial charge in [0, 0.05) is 27.0 Å². The molecule has 3 N–H and O–H groups in total. The molecule has 1 fully saturated rings. The van der Waals surface area contributed by atoms with E-state index in [4.69, 9.17) is 9.63 Å². The van der Waals surface area contributed by atoms with Crippen LogP contribution < -0.4 is 4.90 Å². The molecule has 3 rings (SSSR count). The first kappa shape index (κ1) is 20.6. The van der Waals surface area contributed by atoms with Crippen LogP contribution in [0.25, 0.3) is 11.0 Å². The van der Waals surface area contributed by atoms with E-state index in [2.05, 4.69) is 19.5 Å². The average molecular weight is 413 g/mol. The number of hydrogen-bond donors (Lipinski definition) is 3. The van der Waals surface area contributed by atoms with E-state index < -0.39 is 32.1 Å². The molecule has 0 spiro atoms. The van der Waals surface area contributed by atoms with Gasteiger partial charge >= 0.3 is 7.60 Å².